The molecule has 0 bridgehead atoms. The molecular formula is C17H29NO. The van der Waals surface area contributed by atoms with Gasteiger partial charge in [0.15, 0.2) is 0 Å². The largest absolute Gasteiger partial charge is 0.494 e. The van der Waals surface area contributed by atoms with Crippen molar-refractivity contribution in [1.29, 1.82) is 0 Å². The lowest BCUT2D eigenvalue weighted by Crippen LogP contribution is -2.25. The lowest BCUT2D eigenvalue weighted by Gasteiger charge is -2.13. The fraction of sp³-hybridized carbons (Fsp3) is 0.647. The second-order valence-corrected chi connectivity index (χ2v) is 5.27. The SMILES string of the molecule is CCCCOc1ccc(CNC(C)CCCC)cc1. The first-order valence-corrected chi connectivity index (χ1v) is 7.71. The molecule has 0 saturated heterocycles. The van der Waals surface area contributed by atoms with Gasteiger partial charge in [-0.2, -0.15) is 0 Å². The Labute approximate surface area is 118 Å². The molecule has 0 aliphatic carbocycles. The highest BCUT2D eigenvalue weighted by atomic mass is 16.5. The summed E-state index contributed by atoms with van der Waals surface area (Å²) in [5, 5.41) is 3.56. The van der Waals surface area contributed by atoms with E-state index in [0.717, 1.165) is 25.3 Å². The zero-order valence-electron chi connectivity index (χ0n) is 12.7. The molecule has 0 aromatic heterocycles. The Morgan fingerprint density at radius 3 is 2.37 bits per heavy atom. The van der Waals surface area contributed by atoms with Crippen molar-refractivity contribution >= 4 is 0 Å². The van der Waals surface area contributed by atoms with E-state index in [1.165, 1.54) is 31.2 Å². The van der Waals surface area contributed by atoms with Crippen molar-refractivity contribution in [2.75, 3.05) is 6.61 Å². The average Bonchev–Trinajstić information content (AvgIpc) is 2.44. The van der Waals surface area contributed by atoms with Gasteiger partial charge in [-0.3, -0.25) is 0 Å². The van der Waals surface area contributed by atoms with Crippen molar-refractivity contribution in [3.05, 3.63) is 29.8 Å². The molecule has 1 atom stereocenters. The van der Waals surface area contributed by atoms with Gasteiger partial charge < -0.3 is 10.1 Å². The first-order valence-electron chi connectivity index (χ1n) is 7.71. The normalized spacial score (nSPS) is 12.4. The van der Waals surface area contributed by atoms with Crippen LogP contribution in [0.1, 0.15) is 58.4 Å². The third-order valence-electron chi connectivity index (χ3n) is 3.34. The van der Waals surface area contributed by atoms with Crippen LogP contribution in [0.15, 0.2) is 24.3 Å². The van der Waals surface area contributed by atoms with Gasteiger partial charge >= 0.3 is 0 Å². The van der Waals surface area contributed by atoms with E-state index >= 15 is 0 Å². The van der Waals surface area contributed by atoms with Crippen molar-refractivity contribution in [3.8, 4) is 5.75 Å². The van der Waals surface area contributed by atoms with Crippen LogP contribution in [-0.2, 0) is 6.54 Å². The second-order valence-electron chi connectivity index (χ2n) is 5.27. The Bertz CT molecular complexity index is 321. The number of ether oxygens (including phenoxy) is 1. The van der Waals surface area contributed by atoms with Gasteiger partial charge in [0.05, 0.1) is 6.61 Å². The van der Waals surface area contributed by atoms with Crippen LogP contribution in [0.3, 0.4) is 0 Å². The quantitative estimate of drug-likeness (QED) is 0.626. The maximum atomic E-state index is 5.66. The molecule has 0 amide bonds. The number of benzene rings is 1. The maximum Gasteiger partial charge on any atom is 0.119 e. The van der Waals surface area contributed by atoms with E-state index in [2.05, 4.69) is 50.4 Å². The summed E-state index contributed by atoms with van der Waals surface area (Å²) in [5.41, 5.74) is 1.33. The minimum absolute atomic E-state index is 0.598. The van der Waals surface area contributed by atoms with E-state index in [1.54, 1.807) is 0 Å². The highest BCUT2D eigenvalue weighted by molar-refractivity contribution is 5.27. The predicted octanol–water partition coefficient (Wildman–Crippen LogP) is 4.53. The van der Waals surface area contributed by atoms with E-state index in [-0.39, 0.29) is 0 Å². The van der Waals surface area contributed by atoms with Crippen LogP contribution in [0.4, 0.5) is 0 Å². The van der Waals surface area contributed by atoms with Gasteiger partial charge in [0.2, 0.25) is 0 Å². The summed E-state index contributed by atoms with van der Waals surface area (Å²) in [5.74, 6) is 0.983. The molecule has 1 aromatic rings. The van der Waals surface area contributed by atoms with Crippen LogP contribution >= 0.6 is 0 Å². The Kier molecular flexibility index (Phi) is 8.31. The average molecular weight is 263 g/mol. The monoisotopic (exact) mass is 263 g/mol. The van der Waals surface area contributed by atoms with E-state index < -0.39 is 0 Å². The van der Waals surface area contributed by atoms with E-state index in [4.69, 9.17) is 4.74 Å². The molecule has 0 fully saturated rings. The standard InChI is InChI=1S/C17H29NO/c1-4-6-8-15(3)18-14-16-9-11-17(12-10-16)19-13-7-5-2/h9-12,15,18H,4-8,13-14H2,1-3H3. The molecule has 0 aliphatic heterocycles. The predicted molar refractivity (Wildman–Crippen MR) is 82.7 cm³/mol. The Morgan fingerprint density at radius 2 is 1.74 bits per heavy atom. The van der Waals surface area contributed by atoms with Crippen LogP contribution in [-0.4, -0.2) is 12.6 Å². The van der Waals surface area contributed by atoms with Crippen LogP contribution in [0.25, 0.3) is 0 Å². The summed E-state index contributed by atoms with van der Waals surface area (Å²) in [4.78, 5) is 0. The van der Waals surface area contributed by atoms with Gasteiger partial charge in [-0.15, -0.1) is 0 Å². The number of unbranched alkanes of at least 4 members (excludes halogenated alkanes) is 2. The first kappa shape index (κ1) is 16.0. The molecule has 0 aliphatic rings. The van der Waals surface area contributed by atoms with Crippen LogP contribution in [0, 0.1) is 0 Å². The summed E-state index contributed by atoms with van der Waals surface area (Å²) in [6.07, 6.45) is 6.14. The molecule has 108 valence electrons. The number of hydrogen-bond donors (Lipinski definition) is 1. The van der Waals surface area contributed by atoms with Gasteiger partial charge in [0.25, 0.3) is 0 Å². The van der Waals surface area contributed by atoms with Gasteiger partial charge in [0.1, 0.15) is 5.75 Å². The number of rotatable bonds is 10. The van der Waals surface area contributed by atoms with E-state index in [1.807, 2.05) is 0 Å². The summed E-state index contributed by atoms with van der Waals surface area (Å²) < 4.78 is 5.66. The van der Waals surface area contributed by atoms with Gasteiger partial charge in [-0.05, 0) is 37.5 Å². The Hall–Kier alpha value is -1.02. The summed E-state index contributed by atoms with van der Waals surface area (Å²) in [6.45, 7) is 8.45. The Morgan fingerprint density at radius 1 is 1.05 bits per heavy atom. The van der Waals surface area contributed by atoms with E-state index in [0.29, 0.717) is 6.04 Å². The highest BCUT2D eigenvalue weighted by Gasteiger charge is 2.01. The van der Waals surface area contributed by atoms with Gasteiger partial charge in [-0.1, -0.05) is 45.2 Å². The molecule has 1 unspecified atom stereocenters. The highest BCUT2D eigenvalue weighted by Crippen LogP contribution is 2.13. The van der Waals surface area contributed by atoms with Gasteiger partial charge in [0, 0.05) is 12.6 Å². The summed E-state index contributed by atoms with van der Waals surface area (Å²) >= 11 is 0. The van der Waals surface area contributed by atoms with Crippen LogP contribution < -0.4 is 10.1 Å². The van der Waals surface area contributed by atoms with Crippen molar-refractivity contribution in [1.82, 2.24) is 5.32 Å². The topological polar surface area (TPSA) is 21.3 Å². The lowest BCUT2D eigenvalue weighted by atomic mass is 10.1. The molecule has 1 rings (SSSR count). The summed E-state index contributed by atoms with van der Waals surface area (Å²) in [7, 11) is 0. The molecule has 0 saturated carbocycles. The fourth-order valence-corrected chi connectivity index (χ4v) is 1.94. The first-order chi connectivity index (χ1) is 9.26. The van der Waals surface area contributed by atoms with Crippen molar-refractivity contribution in [2.24, 2.45) is 0 Å². The lowest BCUT2D eigenvalue weighted by molar-refractivity contribution is 0.309. The number of nitrogens with one attached hydrogen (secondary N) is 1. The van der Waals surface area contributed by atoms with Crippen LogP contribution in [0.2, 0.25) is 0 Å². The molecule has 1 aromatic carbocycles. The molecule has 0 spiro atoms. The maximum absolute atomic E-state index is 5.66. The van der Waals surface area contributed by atoms with Gasteiger partial charge in [-0.25, -0.2) is 0 Å². The second kappa shape index (κ2) is 9.85. The fourth-order valence-electron chi connectivity index (χ4n) is 1.94. The third kappa shape index (κ3) is 7.22. The molecule has 0 radical (unpaired) electrons. The zero-order valence-corrected chi connectivity index (χ0v) is 12.7. The minimum Gasteiger partial charge on any atom is -0.494 e. The zero-order chi connectivity index (χ0) is 13.9. The van der Waals surface area contributed by atoms with Crippen LogP contribution in [0.5, 0.6) is 5.75 Å². The van der Waals surface area contributed by atoms with E-state index in [9.17, 15) is 0 Å². The van der Waals surface area contributed by atoms with Crippen molar-refractivity contribution < 1.29 is 4.74 Å². The minimum atomic E-state index is 0.598. The molecule has 1 N–H and O–H groups in total. The molecule has 0 heterocycles. The third-order valence-corrected chi connectivity index (χ3v) is 3.34. The summed E-state index contributed by atoms with van der Waals surface area (Å²) in [6, 6.07) is 9.05. The smallest absolute Gasteiger partial charge is 0.119 e. The van der Waals surface area contributed by atoms with Crippen molar-refractivity contribution in [2.45, 2.75) is 65.5 Å². The Balaban J connectivity index is 2.27. The molecule has 2 nitrogen and oxygen atoms in total. The molecular weight excluding hydrogens is 234 g/mol. The van der Waals surface area contributed by atoms with Crippen molar-refractivity contribution in [3.63, 3.8) is 0 Å². The molecule has 2 heteroatoms. The molecule has 19 heavy (non-hydrogen) atoms. The number of hydrogen-bond acceptors (Lipinski definition) is 2.